The Morgan fingerprint density at radius 2 is 2.00 bits per heavy atom. The summed E-state index contributed by atoms with van der Waals surface area (Å²) in [5, 5.41) is 0. The van der Waals surface area contributed by atoms with Crippen molar-refractivity contribution in [3.63, 3.8) is 0 Å². The number of rotatable bonds is 2. The van der Waals surface area contributed by atoms with Crippen LogP contribution in [0.3, 0.4) is 0 Å². The van der Waals surface area contributed by atoms with Crippen LogP contribution in [0.25, 0.3) is 0 Å². The molecule has 0 aromatic carbocycles. The van der Waals surface area contributed by atoms with E-state index in [1.54, 1.807) is 30.8 Å². The summed E-state index contributed by atoms with van der Waals surface area (Å²) in [5.41, 5.74) is 0.958. The molecular weight excluding hydrogens is 203 g/mol. The molecule has 0 saturated heterocycles. The Hall–Kier alpha value is -0.0761. The second-order valence-corrected chi connectivity index (χ2v) is 1.68. The molecule has 0 aliphatic heterocycles. The molecule has 0 aliphatic rings. The number of hydrogen-bond donors (Lipinski definition) is 0. The van der Waals surface area contributed by atoms with Crippen LogP contribution in [0.5, 0.6) is 0 Å². The van der Waals surface area contributed by atoms with Gasteiger partial charge in [-0.15, -0.1) is 6.42 Å². The Morgan fingerprint density at radius 1 is 1.40 bits per heavy atom. The van der Waals surface area contributed by atoms with E-state index in [4.69, 9.17) is 0 Å². The summed E-state index contributed by atoms with van der Waals surface area (Å²) in [6.07, 6.45) is 5.49. The SMILES string of the molecule is O=[C-]Cc1ccncc1.[Y]. The normalized spacial score (nSPS) is 8.00. The van der Waals surface area contributed by atoms with E-state index in [0.29, 0.717) is 6.42 Å². The number of carbonyl (C=O) groups excluding carboxylic acids is 1. The van der Waals surface area contributed by atoms with Crippen molar-refractivity contribution in [3.05, 3.63) is 30.1 Å². The van der Waals surface area contributed by atoms with Crippen molar-refractivity contribution in [1.82, 2.24) is 4.98 Å². The summed E-state index contributed by atoms with van der Waals surface area (Å²) in [7, 11) is 0. The monoisotopic (exact) mass is 209 g/mol. The predicted octanol–water partition coefficient (Wildman–Crippen LogP) is 0.731. The van der Waals surface area contributed by atoms with Crippen LogP contribution in [0.1, 0.15) is 5.56 Å². The second-order valence-electron chi connectivity index (χ2n) is 1.68. The molecule has 1 aromatic rings. The van der Waals surface area contributed by atoms with Gasteiger partial charge in [-0.25, -0.2) is 0 Å². The van der Waals surface area contributed by atoms with E-state index in [-0.39, 0.29) is 32.7 Å². The van der Waals surface area contributed by atoms with Gasteiger partial charge in [0.15, 0.2) is 0 Å². The molecule has 0 spiro atoms. The van der Waals surface area contributed by atoms with Gasteiger partial charge in [0.25, 0.3) is 0 Å². The zero-order valence-corrected chi connectivity index (χ0v) is 8.29. The van der Waals surface area contributed by atoms with Crippen molar-refractivity contribution in [3.8, 4) is 0 Å². The molecule has 1 radical (unpaired) electrons. The first-order valence-electron chi connectivity index (χ1n) is 2.67. The fraction of sp³-hybridized carbons (Fsp3) is 0.143. The molecular formula is C7H6NOY-. The molecule has 1 aromatic heterocycles. The third-order valence-corrected chi connectivity index (χ3v) is 1.03. The molecule has 0 amide bonds. The van der Waals surface area contributed by atoms with Crippen LogP contribution in [0.4, 0.5) is 0 Å². The van der Waals surface area contributed by atoms with E-state index < -0.39 is 0 Å². The van der Waals surface area contributed by atoms with Crippen molar-refractivity contribution in [2.75, 3.05) is 0 Å². The van der Waals surface area contributed by atoms with Crippen molar-refractivity contribution < 1.29 is 37.5 Å². The van der Waals surface area contributed by atoms with E-state index in [1.165, 1.54) is 0 Å². The minimum Gasteiger partial charge on any atom is -0.541 e. The summed E-state index contributed by atoms with van der Waals surface area (Å²) in [6.45, 7) is 0. The van der Waals surface area contributed by atoms with Gasteiger partial charge in [0.2, 0.25) is 0 Å². The molecule has 1 heterocycles. The molecule has 49 valence electrons. The summed E-state index contributed by atoms with van der Waals surface area (Å²) in [6, 6.07) is 3.59. The number of pyridine rings is 1. The Kier molecular flexibility index (Phi) is 5.65. The average Bonchev–Trinajstić information content (AvgIpc) is 1.91. The van der Waals surface area contributed by atoms with Gasteiger partial charge in [-0.05, 0) is 12.1 Å². The van der Waals surface area contributed by atoms with Gasteiger partial charge >= 0.3 is 0 Å². The van der Waals surface area contributed by atoms with E-state index >= 15 is 0 Å². The first kappa shape index (κ1) is 9.92. The van der Waals surface area contributed by atoms with Crippen LogP contribution in [0.15, 0.2) is 24.5 Å². The minimum absolute atomic E-state index is 0. The summed E-state index contributed by atoms with van der Waals surface area (Å²) < 4.78 is 0. The Morgan fingerprint density at radius 3 is 2.50 bits per heavy atom. The molecule has 0 fully saturated rings. The third-order valence-electron chi connectivity index (χ3n) is 1.03. The average molecular weight is 209 g/mol. The summed E-state index contributed by atoms with van der Waals surface area (Å²) in [4.78, 5) is 13.6. The topological polar surface area (TPSA) is 30.0 Å². The molecule has 2 nitrogen and oxygen atoms in total. The van der Waals surface area contributed by atoms with Gasteiger partial charge in [0.05, 0.1) is 0 Å². The maximum absolute atomic E-state index is 9.83. The van der Waals surface area contributed by atoms with Crippen molar-refractivity contribution in [1.29, 1.82) is 0 Å². The number of nitrogens with zero attached hydrogens (tertiary/aromatic N) is 1. The molecule has 1 rings (SSSR count). The molecule has 0 bridgehead atoms. The smallest absolute Gasteiger partial charge is 0.0269 e. The fourth-order valence-corrected chi connectivity index (χ4v) is 0.584. The maximum atomic E-state index is 9.83. The number of hydrogen-bond acceptors (Lipinski definition) is 2. The third kappa shape index (κ3) is 3.18. The molecule has 0 saturated carbocycles. The van der Waals surface area contributed by atoms with Crippen LogP contribution in [-0.4, -0.2) is 11.3 Å². The fourth-order valence-electron chi connectivity index (χ4n) is 0.584. The zero-order valence-electron chi connectivity index (χ0n) is 5.45. The Labute approximate surface area is 84.9 Å². The quantitative estimate of drug-likeness (QED) is 0.672. The minimum atomic E-state index is 0. The molecule has 0 aliphatic carbocycles. The largest absolute Gasteiger partial charge is 0.541 e. The van der Waals surface area contributed by atoms with Crippen LogP contribution in [0.2, 0.25) is 0 Å². The molecule has 10 heavy (non-hydrogen) atoms. The van der Waals surface area contributed by atoms with Crippen molar-refractivity contribution in [2.24, 2.45) is 0 Å². The molecule has 0 unspecified atom stereocenters. The molecule has 0 atom stereocenters. The van der Waals surface area contributed by atoms with E-state index in [9.17, 15) is 4.79 Å². The standard InChI is InChI=1S/C7H6NO.Y/c9-6-3-7-1-4-8-5-2-7;/h1-2,4-5H,3H2;/q-1;. The maximum Gasteiger partial charge on any atom is 0.0269 e. The second kappa shape index (κ2) is 5.69. The van der Waals surface area contributed by atoms with Crippen LogP contribution >= 0.6 is 0 Å². The van der Waals surface area contributed by atoms with E-state index in [1.807, 2.05) is 0 Å². The van der Waals surface area contributed by atoms with Crippen molar-refractivity contribution >= 4 is 6.29 Å². The first-order chi connectivity index (χ1) is 4.43. The number of aromatic nitrogens is 1. The predicted molar refractivity (Wildman–Crippen MR) is 33.6 cm³/mol. The van der Waals surface area contributed by atoms with Gasteiger partial charge < -0.3 is 4.79 Å². The summed E-state index contributed by atoms with van der Waals surface area (Å²) in [5.74, 6) is 0. The van der Waals surface area contributed by atoms with Crippen LogP contribution in [0, 0.1) is 0 Å². The van der Waals surface area contributed by atoms with Gasteiger partial charge in [-0.3, -0.25) is 11.3 Å². The Bertz CT molecular complexity index is 188. The summed E-state index contributed by atoms with van der Waals surface area (Å²) >= 11 is 0. The molecule has 0 N–H and O–H groups in total. The van der Waals surface area contributed by atoms with Crippen molar-refractivity contribution in [2.45, 2.75) is 6.42 Å². The van der Waals surface area contributed by atoms with Crippen LogP contribution < -0.4 is 0 Å². The van der Waals surface area contributed by atoms with Crippen LogP contribution in [-0.2, 0) is 43.9 Å². The van der Waals surface area contributed by atoms with E-state index in [0.717, 1.165) is 5.56 Å². The first-order valence-corrected chi connectivity index (χ1v) is 2.67. The zero-order chi connectivity index (χ0) is 6.53. The van der Waals surface area contributed by atoms with Gasteiger partial charge in [0, 0.05) is 45.1 Å². The van der Waals surface area contributed by atoms with Gasteiger partial charge in [-0.2, -0.15) is 0 Å². The van der Waals surface area contributed by atoms with E-state index in [2.05, 4.69) is 4.98 Å². The van der Waals surface area contributed by atoms with Gasteiger partial charge in [-0.1, -0.05) is 5.56 Å². The van der Waals surface area contributed by atoms with Gasteiger partial charge in [0.1, 0.15) is 0 Å². The molecule has 3 heteroatoms. The Balaban J connectivity index is 0.000000810.